The molecule has 0 saturated heterocycles. The number of rotatable bonds is 5. The summed E-state index contributed by atoms with van der Waals surface area (Å²) in [6.45, 7) is 7.24. The summed E-state index contributed by atoms with van der Waals surface area (Å²) >= 11 is 0. The highest BCUT2D eigenvalue weighted by Crippen LogP contribution is 2.29. The third-order valence-corrected chi connectivity index (χ3v) is 4.30. The third kappa shape index (κ3) is 3.51. The van der Waals surface area contributed by atoms with Crippen molar-refractivity contribution < 1.29 is 4.39 Å². The number of nitrogens with one attached hydrogen (secondary N) is 1. The standard InChI is InChI=1S/C19H24FN/c1-5-19(2,3)17-10-8-14(9-11-17)15-6-7-16(13-21-4)18(20)12-15/h6-12,21H,5,13H2,1-4H3. The van der Waals surface area contributed by atoms with Crippen LogP contribution >= 0.6 is 0 Å². The van der Waals surface area contributed by atoms with Crippen LogP contribution in [0, 0.1) is 5.82 Å². The Hall–Kier alpha value is -1.67. The quantitative estimate of drug-likeness (QED) is 0.824. The lowest BCUT2D eigenvalue weighted by atomic mass is 9.82. The van der Waals surface area contributed by atoms with E-state index in [0.717, 1.165) is 17.5 Å². The van der Waals surface area contributed by atoms with Gasteiger partial charge in [0.2, 0.25) is 0 Å². The number of benzene rings is 2. The SMILES string of the molecule is CCC(C)(C)c1ccc(-c2ccc(CNC)c(F)c2)cc1. The summed E-state index contributed by atoms with van der Waals surface area (Å²) in [6, 6.07) is 13.9. The highest BCUT2D eigenvalue weighted by molar-refractivity contribution is 5.64. The van der Waals surface area contributed by atoms with E-state index in [1.807, 2.05) is 19.2 Å². The molecule has 1 N–H and O–H groups in total. The van der Waals surface area contributed by atoms with Crippen LogP contribution in [0.3, 0.4) is 0 Å². The van der Waals surface area contributed by atoms with E-state index in [-0.39, 0.29) is 11.2 Å². The predicted octanol–water partition coefficient (Wildman–Crippen LogP) is 4.90. The van der Waals surface area contributed by atoms with E-state index in [1.165, 1.54) is 5.56 Å². The van der Waals surface area contributed by atoms with Crippen LogP contribution < -0.4 is 5.32 Å². The first-order valence-corrected chi connectivity index (χ1v) is 7.52. The molecule has 0 unspecified atom stereocenters. The topological polar surface area (TPSA) is 12.0 Å². The molecule has 0 heterocycles. The van der Waals surface area contributed by atoms with Crippen molar-refractivity contribution in [2.75, 3.05) is 7.05 Å². The highest BCUT2D eigenvalue weighted by atomic mass is 19.1. The van der Waals surface area contributed by atoms with Crippen molar-refractivity contribution in [3.8, 4) is 11.1 Å². The van der Waals surface area contributed by atoms with Gasteiger partial charge < -0.3 is 5.32 Å². The van der Waals surface area contributed by atoms with Crippen molar-refractivity contribution >= 4 is 0 Å². The van der Waals surface area contributed by atoms with E-state index < -0.39 is 0 Å². The summed E-state index contributed by atoms with van der Waals surface area (Å²) in [4.78, 5) is 0. The minimum atomic E-state index is -0.153. The van der Waals surface area contributed by atoms with E-state index in [4.69, 9.17) is 0 Å². The summed E-state index contributed by atoms with van der Waals surface area (Å²) in [5.41, 5.74) is 4.18. The molecule has 112 valence electrons. The molecule has 1 nitrogen and oxygen atoms in total. The average Bonchev–Trinajstić information content (AvgIpc) is 2.49. The average molecular weight is 285 g/mol. The molecule has 0 atom stereocenters. The van der Waals surface area contributed by atoms with Crippen LogP contribution in [0.5, 0.6) is 0 Å². The predicted molar refractivity (Wildman–Crippen MR) is 87.9 cm³/mol. The normalized spacial score (nSPS) is 11.7. The Morgan fingerprint density at radius 2 is 1.62 bits per heavy atom. The molecule has 2 aromatic rings. The smallest absolute Gasteiger partial charge is 0.128 e. The second-order valence-corrected chi connectivity index (χ2v) is 6.15. The van der Waals surface area contributed by atoms with E-state index in [9.17, 15) is 4.39 Å². The van der Waals surface area contributed by atoms with Gasteiger partial charge in [0.25, 0.3) is 0 Å². The molecule has 0 aliphatic carbocycles. The van der Waals surface area contributed by atoms with Gasteiger partial charge in [0.1, 0.15) is 5.82 Å². The first kappa shape index (κ1) is 15.7. The largest absolute Gasteiger partial charge is 0.316 e. The maximum Gasteiger partial charge on any atom is 0.128 e. The molecule has 2 aromatic carbocycles. The van der Waals surface area contributed by atoms with Crippen molar-refractivity contribution in [3.05, 3.63) is 59.4 Å². The number of hydrogen-bond acceptors (Lipinski definition) is 1. The van der Waals surface area contributed by atoms with Gasteiger partial charge in [-0.15, -0.1) is 0 Å². The van der Waals surface area contributed by atoms with Gasteiger partial charge in [0.15, 0.2) is 0 Å². The summed E-state index contributed by atoms with van der Waals surface area (Å²) in [6.07, 6.45) is 1.10. The van der Waals surface area contributed by atoms with Crippen molar-refractivity contribution in [3.63, 3.8) is 0 Å². The van der Waals surface area contributed by atoms with Crippen LogP contribution in [0.25, 0.3) is 11.1 Å². The zero-order valence-corrected chi connectivity index (χ0v) is 13.3. The molecule has 2 rings (SSSR count). The fourth-order valence-electron chi connectivity index (χ4n) is 2.38. The van der Waals surface area contributed by atoms with Gasteiger partial charge in [-0.3, -0.25) is 0 Å². The molecule has 0 fully saturated rings. The van der Waals surface area contributed by atoms with Gasteiger partial charge in [-0.05, 0) is 41.6 Å². The monoisotopic (exact) mass is 285 g/mol. The van der Waals surface area contributed by atoms with Gasteiger partial charge in [0.05, 0.1) is 0 Å². The van der Waals surface area contributed by atoms with Crippen molar-refractivity contribution in [1.29, 1.82) is 0 Å². The lowest BCUT2D eigenvalue weighted by molar-refractivity contribution is 0.506. The van der Waals surface area contributed by atoms with Gasteiger partial charge in [-0.2, -0.15) is 0 Å². The maximum absolute atomic E-state index is 14.0. The fraction of sp³-hybridized carbons (Fsp3) is 0.368. The van der Waals surface area contributed by atoms with Gasteiger partial charge >= 0.3 is 0 Å². The Kier molecular flexibility index (Phi) is 4.79. The molecule has 0 saturated carbocycles. The summed E-state index contributed by atoms with van der Waals surface area (Å²) in [5, 5.41) is 2.97. The second kappa shape index (κ2) is 6.40. The van der Waals surface area contributed by atoms with Crippen molar-refractivity contribution in [2.45, 2.75) is 39.2 Å². The van der Waals surface area contributed by atoms with Crippen molar-refractivity contribution in [1.82, 2.24) is 5.32 Å². The van der Waals surface area contributed by atoms with Gasteiger partial charge in [0, 0.05) is 12.1 Å². The van der Waals surface area contributed by atoms with Crippen LogP contribution in [-0.2, 0) is 12.0 Å². The molecule has 0 aliphatic heterocycles. The molecule has 0 radical (unpaired) electrons. The van der Waals surface area contributed by atoms with E-state index in [2.05, 4.69) is 50.4 Å². The fourth-order valence-corrected chi connectivity index (χ4v) is 2.38. The maximum atomic E-state index is 14.0. The molecule has 2 heteroatoms. The summed E-state index contributed by atoms with van der Waals surface area (Å²) in [7, 11) is 1.82. The molecular weight excluding hydrogens is 261 g/mol. The van der Waals surface area contributed by atoms with Crippen LogP contribution in [0.15, 0.2) is 42.5 Å². The Morgan fingerprint density at radius 3 is 2.14 bits per heavy atom. The van der Waals surface area contributed by atoms with Crippen LogP contribution in [0.4, 0.5) is 4.39 Å². The van der Waals surface area contributed by atoms with E-state index >= 15 is 0 Å². The van der Waals surface area contributed by atoms with Crippen LogP contribution in [-0.4, -0.2) is 7.05 Å². The molecule has 0 aliphatic rings. The number of hydrogen-bond donors (Lipinski definition) is 1. The second-order valence-electron chi connectivity index (χ2n) is 6.15. The van der Waals surface area contributed by atoms with Gasteiger partial charge in [-0.1, -0.05) is 57.2 Å². The first-order chi connectivity index (χ1) is 9.97. The van der Waals surface area contributed by atoms with Crippen LogP contribution in [0.2, 0.25) is 0 Å². The van der Waals surface area contributed by atoms with Crippen LogP contribution in [0.1, 0.15) is 38.3 Å². The molecular formula is C19H24FN. The Balaban J connectivity index is 2.29. The first-order valence-electron chi connectivity index (χ1n) is 7.52. The van der Waals surface area contributed by atoms with Gasteiger partial charge in [-0.25, -0.2) is 4.39 Å². The Labute approximate surface area is 127 Å². The molecule has 0 amide bonds. The van der Waals surface area contributed by atoms with Crippen molar-refractivity contribution in [2.24, 2.45) is 0 Å². The lowest BCUT2D eigenvalue weighted by Crippen LogP contribution is -2.14. The minimum absolute atomic E-state index is 0.153. The zero-order chi connectivity index (χ0) is 15.5. The minimum Gasteiger partial charge on any atom is -0.316 e. The summed E-state index contributed by atoms with van der Waals surface area (Å²) < 4.78 is 14.0. The molecule has 0 spiro atoms. The number of halogens is 1. The Bertz CT molecular complexity index is 599. The zero-order valence-electron chi connectivity index (χ0n) is 13.3. The molecule has 21 heavy (non-hydrogen) atoms. The highest BCUT2D eigenvalue weighted by Gasteiger charge is 2.17. The third-order valence-electron chi connectivity index (χ3n) is 4.30. The van der Waals surface area contributed by atoms with E-state index in [1.54, 1.807) is 6.07 Å². The molecule has 0 bridgehead atoms. The summed E-state index contributed by atoms with van der Waals surface area (Å²) in [5.74, 6) is -0.153. The Morgan fingerprint density at radius 1 is 1.00 bits per heavy atom. The molecule has 0 aromatic heterocycles. The lowest BCUT2D eigenvalue weighted by Gasteiger charge is -2.23. The van der Waals surface area contributed by atoms with E-state index in [0.29, 0.717) is 12.1 Å².